The van der Waals surface area contributed by atoms with Crippen LogP contribution in [-0.4, -0.2) is 41.3 Å². The van der Waals surface area contributed by atoms with E-state index >= 15 is 0 Å². The van der Waals surface area contributed by atoms with Crippen molar-refractivity contribution in [1.29, 1.82) is 0 Å². The van der Waals surface area contributed by atoms with E-state index < -0.39 is 0 Å². The van der Waals surface area contributed by atoms with E-state index in [-0.39, 0.29) is 0 Å². The lowest BCUT2D eigenvalue weighted by Gasteiger charge is -2.22. The van der Waals surface area contributed by atoms with Gasteiger partial charge in [0.15, 0.2) is 5.96 Å². The molecule has 0 atom stereocenters. The van der Waals surface area contributed by atoms with Gasteiger partial charge in [0.25, 0.3) is 0 Å². The molecule has 0 saturated carbocycles. The van der Waals surface area contributed by atoms with Crippen molar-refractivity contribution in [3.63, 3.8) is 0 Å². The second kappa shape index (κ2) is 7.84. The van der Waals surface area contributed by atoms with Gasteiger partial charge in [-0.1, -0.05) is 23.7 Å². The Labute approximate surface area is 136 Å². The minimum Gasteiger partial charge on any atom is -0.356 e. The summed E-state index contributed by atoms with van der Waals surface area (Å²) in [5, 5.41) is 8.30. The fourth-order valence-corrected chi connectivity index (χ4v) is 2.37. The number of hydrogen-bond acceptors (Lipinski definition) is 2. The van der Waals surface area contributed by atoms with Gasteiger partial charge in [-0.3, -0.25) is 9.67 Å². The van der Waals surface area contributed by atoms with Crippen LogP contribution in [0.15, 0.2) is 41.7 Å². The lowest BCUT2D eigenvalue weighted by Crippen LogP contribution is -2.39. The Kier molecular flexibility index (Phi) is 5.83. The summed E-state index contributed by atoms with van der Waals surface area (Å²) in [7, 11) is 5.74. The molecule has 2 aromatic rings. The van der Waals surface area contributed by atoms with Gasteiger partial charge >= 0.3 is 0 Å². The maximum Gasteiger partial charge on any atom is 0.193 e. The van der Waals surface area contributed by atoms with Gasteiger partial charge in [-0.25, -0.2) is 0 Å². The molecule has 1 N–H and O–H groups in total. The second-order valence-corrected chi connectivity index (χ2v) is 5.67. The third kappa shape index (κ3) is 4.77. The number of halogens is 1. The average Bonchev–Trinajstić information content (AvgIpc) is 2.91. The number of guanidine groups is 1. The van der Waals surface area contributed by atoms with Crippen molar-refractivity contribution in [2.45, 2.75) is 13.0 Å². The van der Waals surface area contributed by atoms with Gasteiger partial charge in [0, 0.05) is 45.5 Å². The number of hydrogen-bond donors (Lipinski definition) is 1. The summed E-state index contributed by atoms with van der Waals surface area (Å²) in [4.78, 5) is 6.41. The lowest BCUT2D eigenvalue weighted by molar-refractivity contribution is 0.477. The summed E-state index contributed by atoms with van der Waals surface area (Å²) in [6.45, 7) is 1.60. The monoisotopic (exact) mass is 319 g/mol. The van der Waals surface area contributed by atoms with E-state index in [0.717, 1.165) is 30.5 Å². The molecule has 1 aromatic heterocycles. The smallest absolute Gasteiger partial charge is 0.193 e. The zero-order valence-corrected chi connectivity index (χ0v) is 14.0. The first-order valence-corrected chi connectivity index (χ1v) is 7.60. The molecular formula is C16H22ClN5. The highest BCUT2D eigenvalue weighted by molar-refractivity contribution is 6.30. The van der Waals surface area contributed by atoms with Crippen molar-refractivity contribution in [3.05, 3.63) is 52.8 Å². The fourth-order valence-electron chi connectivity index (χ4n) is 2.24. The maximum absolute atomic E-state index is 5.91. The molecule has 0 radical (unpaired) electrons. The van der Waals surface area contributed by atoms with Crippen LogP contribution in [0.5, 0.6) is 0 Å². The predicted molar refractivity (Wildman–Crippen MR) is 91.2 cm³/mol. The molecule has 118 valence electrons. The van der Waals surface area contributed by atoms with Crippen molar-refractivity contribution in [2.75, 3.05) is 20.6 Å². The van der Waals surface area contributed by atoms with Crippen LogP contribution in [-0.2, 0) is 20.0 Å². The Morgan fingerprint density at radius 2 is 2.05 bits per heavy atom. The van der Waals surface area contributed by atoms with Gasteiger partial charge in [-0.15, -0.1) is 0 Å². The van der Waals surface area contributed by atoms with E-state index in [1.807, 2.05) is 55.4 Å². The van der Waals surface area contributed by atoms with E-state index in [1.165, 1.54) is 11.1 Å². The Bertz CT molecular complexity index is 618. The van der Waals surface area contributed by atoms with Crippen LogP contribution in [0.4, 0.5) is 0 Å². The Balaban J connectivity index is 1.83. The SMILES string of the molecule is CN=C(NCCc1cnn(C)c1)N(C)Cc1ccc(Cl)cc1. The molecule has 0 aliphatic carbocycles. The number of nitrogens with zero attached hydrogens (tertiary/aromatic N) is 4. The van der Waals surface area contributed by atoms with Crippen LogP contribution < -0.4 is 5.32 Å². The lowest BCUT2D eigenvalue weighted by atomic mass is 10.2. The Hall–Kier alpha value is -2.01. The molecule has 0 amide bonds. The van der Waals surface area contributed by atoms with Gasteiger partial charge < -0.3 is 10.2 Å². The molecule has 5 nitrogen and oxygen atoms in total. The van der Waals surface area contributed by atoms with Crippen LogP contribution in [0, 0.1) is 0 Å². The number of benzene rings is 1. The normalized spacial score (nSPS) is 11.5. The third-order valence-corrected chi connectivity index (χ3v) is 3.61. The number of aliphatic imine (C=N–C) groups is 1. The molecule has 2 rings (SSSR count). The zero-order valence-electron chi connectivity index (χ0n) is 13.3. The summed E-state index contributed by atoms with van der Waals surface area (Å²) in [5.41, 5.74) is 2.41. The van der Waals surface area contributed by atoms with Crippen molar-refractivity contribution in [3.8, 4) is 0 Å². The molecule has 6 heteroatoms. The van der Waals surface area contributed by atoms with Crippen LogP contribution in [0.3, 0.4) is 0 Å². The molecular weight excluding hydrogens is 298 g/mol. The van der Waals surface area contributed by atoms with Crippen LogP contribution in [0.1, 0.15) is 11.1 Å². The molecule has 0 aliphatic heterocycles. The van der Waals surface area contributed by atoms with Crippen LogP contribution in [0.25, 0.3) is 0 Å². The molecule has 0 bridgehead atoms. The van der Waals surface area contributed by atoms with Gasteiger partial charge in [0.1, 0.15) is 0 Å². The third-order valence-electron chi connectivity index (χ3n) is 3.36. The fraction of sp³-hybridized carbons (Fsp3) is 0.375. The maximum atomic E-state index is 5.91. The van der Waals surface area contributed by atoms with Crippen molar-refractivity contribution in [1.82, 2.24) is 20.0 Å². The summed E-state index contributed by atoms with van der Waals surface area (Å²) in [6, 6.07) is 7.87. The molecule has 0 unspecified atom stereocenters. The standard InChI is InChI=1S/C16H22ClN5/c1-18-16(19-9-8-14-10-20-22(3)12-14)21(2)11-13-4-6-15(17)7-5-13/h4-7,10,12H,8-9,11H2,1-3H3,(H,18,19). The summed E-state index contributed by atoms with van der Waals surface area (Å²) in [6.07, 6.45) is 4.84. The van der Waals surface area contributed by atoms with E-state index in [4.69, 9.17) is 11.6 Å². The number of aromatic nitrogens is 2. The first kappa shape index (κ1) is 16.4. The number of aryl methyl sites for hydroxylation is 1. The first-order valence-electron chi connectivity index (χ1n) is 7.22. The summed E-state index contributed by atoms with van der Waals surface area (Å²) >= 11 is 5.91. The first-order chi connectivity index (χ1) is 10.6. The van der Waals surface area contributed by atoms with Gasteiger partial charge in [-0.2, -0.15) is 5.10 Å². The van der Waals surface area contributed by atoms with E-state index in [0.29, 0.717) is 0 Å². The number of rotatable bonds is 5. The average molecular weight is 320 g/mol. The van der Waals surface area contributed by atoms with E-state index in [9.17, 15) is 0 Å². The molecule has 0 saturated heterocycles. The Morgan fingerprint density at radius 1 is 1.32 bits per heavy atom. The molecule has 22 heavy (non-hydrogen) atoms. The van der Waals surface area contributed by atoms with E-state index in [1.54, 1.807) is 7.05 Å². The minimum absolute atomic E-state index is 0.755. The van der Waals surface area contributed by atoms with Crippen LogP contribution >= 0.6 is 11.6 Å². The van der Waals surface area contributed by atoms with Gasteiger partial charge in [0.05, 0.1) is 6.20 Å². The summed E-state index contributed by atoms with van der Waals surface area (Å²) < 4.78 is 1.82. The number of nitrogens with one attached hydrogen (secondary N) is 1. The molecule has 1 aromatic carbocycles. The predicted octanol–water partition coefficient (Wildman–Crippen LogP) is 2.32. The molecule has 0 spiro atoms. The highest BCUT2D eigenvalue weighted by atomic mass is 35.5. The van der Waals surface area contributed by atoms with E-state index in [2.05, 4.69) is 20.3 Å². The minimum atomic E-state index is 0.755. The van der Waals surface area contributed by atoms with Crippen molar-refractivity contribution in [2.24, 2.45) is 12.0 Å². The zero-order chi connectivity index (χ0) is 15.9. The summed E-state index contributed by atoms with van der Waals surface area (Å²) in [5.74, 6) is 0.874. The molecule has 1 heterocycles. The molecule has 0 aliphatic rings. The van der Waals surface area contributed by atoms with Crippen molar-refractivity contribution < 1.29 is 0 Å². The van der Waals surface area contributed by atoms with Gasteiger partial charge in [-0.05, 0) is 29.7 Å². The second-order valence-electron chi connectivity index (χ2n) is 5.23. The molecule has 0 fully saturated rings. The topological polar surface area (TPSA) is 45.5 Å². The van der Waals surface area contributed by atoms with Crippen LogP contribution in [0.2, 0.25) is 5.02 Å². The Morgan fingerprint density at radius 3 is 2.64 bits per heavy atom. The largest absolute Gasteiger partial charge is 0.356 e. The van der Waals surface area contributed by atoms with Gasteiger partial charge in [0.2, 0.25) is 0 Å². The highest BCUT2D eigenvalue weighted by Crippen LogP contribution is 2.11. The highest BCUT2D eigenvalue weighted by Gasteiger charge is 2.06. The van der Waals surface area contributed by atoms with Crippen molar-refractivity contribution >= 4 is 17.6 Å². The quantitative estimate of drug-likeness (QED) is 0.679.